The van der Waals surface area contributed by atoms with Crippen molar-refractivity contribution in [1.82, 2.24) is 4.98 Å². The lowest BCUT2D eigenvalue weighted by Gasteiger charge is -2.13. The lowest BCUT2D eigenvalue weighted by Crippen LogP contribution is -2.28. The molecule has 0 radical (unpaired) electrons. The molecule has 8 nitrogen and oxygen atoms in total. The number of carbonyl (C=O) groups is 1. The summed E-state index contributed by atoms with van der Waals surface area (Å²) in [5.41, 5.74) is -0.107. The summed E-state index contributed by atoms with van der Waals surface area (Å²) in [5.74, 6) is -0.495. The first-order valence-corrected chi connectivity index (χ1v) is 6.68. The predicted molar refractivity (Wildman–Crippen MR) is 82.2 cm³/mol. The smallest absolute Gasteiger partial charge is 0.293 e. The lowest BCUT2D eigenvalue weighted by molar-refractivity contribution is -0.384. The van der Waals surface area contributed by atoms with Crippen molar-refractivity contribution in [1.29, 1.82) is 5.26 Å². The molecule has 1 aromatic carbocycles. The minimum atomic E-state index is -1.44. The van der Waals surface area contributed by atoms with E-state index in [1.807, 2.05) is 6.07 Å². The van der Waals surface area contributed by atoms with Crippen LogP contribution in [0, 0.1) is 21.4 Å². The minimum absolute atomic E-state index is 0.210. The number of hydrogen-bond acceptors (Lipinski definition) is 6. The van der Waals surface area contributed by atoms with Crippen LogP contribution >= 0.6 is 0 Å². The van der Waals surface area contributed by atoms with Gasteiger partial charge in [0.05, 0.1) is 11.0 Å². The molecule has 1 aromatic heterocycles. The predicted octanol–water partition coefficient (Wildman–Crippen LogP) is 2.47. The van der Waals surface area contributed by atoms with E-state index in [0.29, 0.717) is 16.9 Å². The summed E-state index contributed by atoms with van der Waals surface area (Å²) in [7, 11) is 0. The molecular formula is C15H11N5O3. The number of benzene rings is 1. The van der Waals surface area contributed by atoms with E-state index in [-0.39, 0.29) is 11.4 Å². The number of fused-ring (bicyclic) bond motifs is 1. The van der Waals surface area contributed by atoms with Crippen molar-refractivity contribution in [3.05, 3.63) is 52.3 Å². The average Bonchev–Trinajstić information content (AvgIpc) is 2.78. The molecule has 1 aliphatic heterocycles. The third-order valence-corrected chi connectivity index (χ3v) is 3.76. The van der Waals surface area contributed by atoms with Gasteiger partial charge in [-0.3, -0.25) is 19.9 Å². The highest BCUT2D eigenvalue weighted by molar-refractivity contribution is 6.09. The second kappa shape index (κ2) is 5.06. The van der Waals surface area contributed by atoms with Crippen LogP contribution in [0.15, 0.2) is 36.7 Å². The first-order valence-electron chi connectivity index (χ1n) is 6.68. The highest BCUT2D eigenvalue weighted by Gasteiger charge is 2.44. The van der Waals surface area contributed by atoms with E-state index < -0.39 is 16.2 Å². The number of aromatic nitrogens is 1. The number of nitrogens with zero attached hydrogens (tertiary/aromatic N) is 3. The molecule has 1 aliphatic rings. The highest BCUT2D eigenvalue weighted by Crippen LogP contribution is 2.43. The van der Waals surface area contributed by atoms with E-state index in [4.69, 9.17) is 0 Å². The highest BCUT2D eigenvalue weighted by atomic mass is 16.6. The van der Waals surface area contributed by atoms with Gasteiger partial charge in [-0.05, 0) is 25.1 Å². The van der Waals surface area contributed by atoms with Crippen LogP contribution in [0.2, 0.25) is 0 Å². The number of rotatable bonds is 3. The summed E-state index contributed by atoms with van der Waals surface area (Å²) < 4.78 is 0. The standard InChI is InChI=1S/C15H11N5O3/c1-15(8-16)10-6-13(20(22)23)12(7-11(10)19-14(15)21)18-9-2-4-17-5-3-9/h2-7H,1H3,(H,17,18)(H,19,21). The third-order valence-electron chi connectivity index (χ3n) is 3.76. The maximum atomic E-state index is 12.0. The number of nitro groups is 1. The summed E-state index contributed by atoms with van der Waals surface area (Å²) in [4.78, 5) is 26.7. The Hall–Kier alpha value is -3.47. The van der Waals surface area contributed by atoms with Crippen LogP contribution in [0.5, 0.6) is 0 Å². The fourth-order valence-corrected chi connectivity index (χ4v) is 2.43. The largest absolute Gasteiger partial charge is 0.350 e. The first-order chi connectivity index (χ1) is 11.0. The molecule has 1 atom stereocenters. The van der Waals surface area contributed by atoms with Crippen LogP contribution in [0.4, 0.5) is 22.7 Å². The van der Waals surface area contributed by atoms with Gasteiger partial charge >= 0.3 is 0 Å². The van der Waals surface area contributed by atoms with Crippen molar-refractivity contribution in [2.24, 2.45) is 0 Å². The van der Waals surface area contributed by atoms with Crippen LogP contribution in [-0.4, -0.2) is 15.8 Å². The summed E-state index contributed by atoms with van der Waals surface area (Å²) in [6.45, 7) is 1.44. The molecule has 23 heavy (non-hydrogen) atoms. The molecule has 0 aliphatic carbocycles. The average molecular weight is 309 g/mol. The van der Waals surface area contributed by atoms with Crippen LogP contribution in [0.25, 0.3) is 0 Å². The molecular weight excluding hydrogens is 298 g/mol. The zero-order valence-electron chi connectivity index (χ0n) is 12.0. The second-order valence-corrected chi connectivity index (χ2v) is 5.22. The quantitative estimate of drug-likeness (QED) is 0.663. The number of nitrogens with one attached hydrogen (secondary N) is 2. The van der Waals surface area contributed by atoms with Crippen molar-refractivity contribution >= 4 is 28.7 Å². The molecule has 114 valence electrons. The Morgan fingerprint density at radius 2 is 2.09 bits per heavy atom. The summed E-state index contributed by atoms with van der Waals surface area (Å²) in [5, 5.41) is 26.2. The zero-order chi connectivity index (χ0) is 16.6. The monoisotopic (exact) mass is 309 g/mol. The maximum absolute atomic E-state index is 12.0. The Bertz CT molecular complexity index is 859. The molecule has 0 spiro atoms. The zero-order valence-corrected chi connectivity index (χ0v) is 12.0. The number of carbonyl (C=O) groups excluding carboxylic acids is 1. The van der Waals surface area contributed by atoms with Crippen molar-refractivity contribution < 1.29 is 9.72 Å². The molecule has 2 heterocycles. The number of nitriles is 1. The number of hydrogen-bond donors (Lipinski definition) is 2. The summed E-state index contributed by atoms with van der Waals surface area (Å²) in [6, 6.07) is 7.97. The lowest BCUT2D eigenvalue weighted by atomic mass is 9.85. The summed E-state index contributed by atoms with van der Waals surface area (Å²) in [6.07, 6.45) is 3.10. The van der Waals surface area contributed by atoms with E-state index in [1.54, 1.807) is 24.5 Å². The molecule has 0 bridgehead atoms. The summed E-state index contributed by atoms with van der Waals surface area (Å²) >= 11 is 0. The fraction of sp³-hybridized carbons (Fsp3) is 0.133. The molecule has 8 heteroatoms. The molecule has 0 saturated carbocycles. The van der Waals surface area contributed by atoms with Crippen LogP contribution in [0.1, 0.15) is 12.5 Å². The normalized spacial score (nSPS) is 18.7. The van der Waals surface area contributed by atoms with E-state index >= 15 is 0 Å². The first kappa shape index (κ1) is 14.5. The Balaban J connectivity index is 2.13. The maximum Gasteiger partial charge on any atom is 0.293 e. The van der Waals surface area contributed by atoms with Gasteiger partial charge in [-0.1, -0.05) is 0 Å². The second-order valence-electron chi connectivity index (χ2n) is 5.22. The topological polar surface area (TPSA) is 121 Å². The molecule has 2 aromatic rings. The Labute approximate surface area is 130 Å². The van der Waals surface area contributed by atoms with Gasteiger partial charge in [0.1, 0.15) is 5.69 Å². The Morgan fingerprint density at radius 1 is 1.39 bits per heavy atom. The number of pyridine rings is 1. The van der Waals surface area contributed by atoms with Gasteiger partial charge in [-0.15, -0.1) is 0 Å². The van der Waals surface area contributed by atoms with Gasteiger partial charge in [0.25, 0.3) is 5.69 Å². The van der Waals surface area contributed by atoms with Crippen molar-refractivity contribution in [2.45, 2.75) is 12.3 Å². The number of amides is 1. The molecule has 0 saturated heterocycles. The molecule has 2 N–H and O–H groups in total. The van der Waals surface area contributed by atoms with Crippen molar-refractivity contribution in [2.75, 3.05) is 10.6 Å². The Kier molecular flexibility index (Phi) is 3.19. The number of nitro benzene ring substituents is 1. The van der Waals surface area contributed by atoms with Gasteiger partial charge in [0.15, 0.2) is 5.41 Å². The third kappa shape index (κ3) is 2.24. The van der Waals surface area contributed by atoms with E-state index in [2.05, 4.69) is 15.6 Å². The van der Waals surface area contributed by atoms with Gasteiger partial charge in [-0.2, -0.15) is 5.26 Å². The minimum Gasteiger partial charge on any atom is -0.350 e. The molecule has 1 unspecified atom stereocenters. The van der Waals surface area contributed by atoms with Crippen LogP contribution in [0.3, 0.4) is 0 Å². The van der Waals surface area contributed by atoms with E-state index in [0.717, 1.165) is 0 Å². The van der Waals surface area contributed by atoms with E-state index in [1.165, 1.54) is 19.1 Å². The van der Waals surface area contributed by atoms with Gasteiger partial charge in [0, 0.05) is 35.4 Å². The SMILES string of the molecule is CC1(C#N)C(=O)Nc2cc(Nc3ccncc3)c([N+](=O)[O-])cc21. The number of anilines is 3. The fourth-order valence-electron chi connectivity index (χ4n) is 2.43. The van der Waals surface area contributed by atoms with Crippen molar-refractivity contribution in [3.8, 4) is 6.07 Å². The van der Waals surface area contributed by atoms with Gasteiger partial charge in [-0.25, -0.2) is 0 Å². The molecule has 0 fully saturated rings. The van der Waals surface area contributed by atoms with E-state index in [9.17, 15) is 20.2 Å². The molecule has 3 rings (SSSR count). The van der Waals surface area contributed by atoms with Crippen LogP contribution in [-0.2, 0) is 10.2 Å². The van der Waals surface area contributed by atoms with Crippen molar-refractivity contribution in [3.63, 3.8) is 0 Å². The Morgan fingerprint density at radius 3 is 2.70 bits per heavy atom. The van der Waals surface area contributed by atoms with Gasteiger partial charge in [0.2, 0.25) is 5.91 Å². The molecule has 1 amide bonds. The van der Waals surface area contributed by atoms with Gasteiger partial charge < -0.3 is 10.6 Å². The van der Waals surface area contributed by atoms with Crippen LogP contribution < -0.4 is 10.6 Å².